The van der Waals surface area contributed by atoms with Crippen molar-refractivity contribution in [3.8, 4) is 0 Å². The lowest BCUT2D eigenvalue weighted by atomic mass is 10.0. The highest BCUT2D eigenvalue weighted by Crippen LogP contribution is 2.36. The molecule has 3 heterocycles. The molecule has 0 radical (unpaired) electrons. The van der Waals surface area contributed by atoms with Gasteiger partial charge in [-0.2, -0.15) is 0 Å². The average Bonchev–Trinajstić information content (AvgIpc) is 3.26. The number of nitrogens with zero attached hydrogens (tertiary/aromatic N) is 3. The number of aromatic amines is 1. The number of rotatable bonds is 8. The molecule has 3 aromatic rings. The molecule has 0 spiro atoms. The minimum atomic E-state index is 0.247. The minimum absolute atomic E-state index is 0.247. The number of ether oxygens (including phenoxy) is 1. The number of hydrogen-bond acceptors (Lipinski definition) is 5. The molecule has 154 valence electrons. The maximum atomic E-state index is 5.64. The summed E-state index contributed by atoms with van der Waals surface area (Å²) in [5.74, 6) is 0.902. The molecular formula is C23H31N5O. The summed E-state index contributed by atoms with van der Waals surface area (Å²) in [5, 5.41) is 3.68. The molecule has 1 aliphatic rings. The van der Waals surface area contributed by atoms with Gasteiger partial charge in [-0.05, 0) is 63.9 Å². The summed E-state index contributed by atoms with van der Waals surface area (Å²) in [7, 11) is 2.18. The van der Waals surface area contributed by atoms with Crippen molar-refractivity contribution >= 4 is 16.9 Å². The lowest BCUT2D eigenvalue weighted by Crippen LogP contribution is -2.21. The first-order valence-electron chi connectivity index (χ1n) is 10.5. The van der Waals surface area contributed by atoms with Crippen molar-refractivity contribution in [2.24, 2.45) is 0 Å². The van der Waals surface area contributed by atoms with Crippen LogP contribution in [-0.2, 0) is 17.7 Å². The molecule has 29 heavy (non-hydrogen) atoms. The molecule has 1 unspecified atom stereocenters. The first-order valence-corrected chi connectivity index (χ1v) is 10.5. The van der Waals surface area contributed by atoms with Gasteiger partial charge >= 0.3 is 0 Å². The third-order valence-electron chi connectivity index (χ3n) is 5.43. The molecule has 2 aromatic heterocycles. The minimum Gasteiger partial charge on any atom is -0.379 e. The fourth-order valence-corrected chi connectivity index (χ4v) is 4.08. The second-order valence-electron chi connectivity index (χ2n) is 8.32. The van der Waals surface area contributed by atoms with Crippen LogP contribution in [-0.4, -0.2) is 46.2 Å². The summed E-state index contributed by atoms with van der Waals surface area (Å²) in [6.07, 6.45) is 4.20. The average molecular weight is 394 g/mol. The summed E-state index contributed by atoms with van der Waals surface area (Å²) in [6.45, 7) is 8.96. The van der Waals surface area contributed by atoms with Crippen molar-refractivity contribution in [3.05, 3.63) is 53.0 Å². The lowest BCUT2D eigenvalue weighted by Gasteiger charge is -2.17. The van der Waals surface area contributed by atoms with E-state index in [1.807, 2.05) is 13.1 Å². The van der Waals surface area contributed by atoms with Crippen LogP contribution in [0.15, 0.2) is 30.5 Å². The predicted octanol–water partition coefficient (Wildman–Crippen LogP) is 4.22. The molecule has 6 heteroatoms. The van der Waals surface area contributed by atoms with Crippen LogP contribution in [0.3, 0.4) is 0 Å². The number of benzene rings is 1. The molecule has 0 bridgehead atoms. The maximum absolute atomic E-state index is 5.64. The Hall–Kier alpha value is -2.44. The predicted molar refractivity (Wildman–Crippen MR) is 117 cm³/mol. The number of imidazole rings is 1. The normalized spacial score (nSPS) is 16.0. The zero-order chi connectivity index (χ0) is 20.4. The molecule has 0 fully saturated rings. The van der Waals surface area contributed by atoms with Gasteiger partial charge in [0.25, 0.3) is 0 Å². The summed E-state index contributed by atoms with van der Waals surface area (Å²) in [5.41, 5.74) is 7.03. The SMILES string of the molecule is Cc1nc2nccc(C3Cc4cc(CN(C)CCCOC(C)C)ccc4N3)c2[nH]1. The molecule has 6 nitrogen and oxygen atoms in total. The molecule has 0 amide bonds. The van der Waals surface area contributed by atoms with E-state index in [9.17, 15) is 0 Å². The Bertz CT molecular complexity index is 981. The fourth-order valence-electron chi connectivity index (χ4n) is 4.08. The number of aryl methyl sites for hydroxylation is 1. The highest BCUT2D eigenvalue weighted by molar-refractivity contribution is 5.77. The summed E-state index contributed by atoms with van der Waals surface area (Å²) in [6, 6.07) is 9.14. The number of H-pyrrole nitrogens is 1. The highest BCUT2D eigenvalue weighted by Gasteiger charge is 2.25. The summed E-state index contributed by atoms with van der Waals surface area (Å²) in [4.78, 5) is 14.6. The van der Waals surface area contributed by atoms with E-state index in [1.54, 1.807) is 0 Å². The molecule has 4 rings (SSSR count). The van der Waals surface area contributed by atoms with E-state index in [0.29, 0.717) is 6.10 Å². The molecule has 1 aliphatic heterocycles. The molecule has 0 aliphatic carbocycles. The number of fused-ring (bicyclic) bond motifs is 2. The van der Waals surface area contributed by atoms with Crippen molar-refractivity contribution in [3.63, 3.8) is 0 Å². The number of hydrogen-bond donors (Lipinski definition) is 2. The van der Waals surface area contributed by atoms with Crippen LogP contribution in [0.2, 0.25) is 0 Å². The quantitative estimate of drug-likeness (QED) is 0.561. The number of pyridine rings is 1. The maximum Gasteiger partial charge on any atom is 0.178 e. The Labute approximate surface area is 172 Å². The van der Waals surface area contributed by atoms with Crippen molar-refractivity contribution in [2.45, 2.75) is 52.3 Å². The van der Waals surface area contributed by atoms with Gasteiger partial charge in [-0.1, -0.05) is 12.1 Å². The molecule has 2 N–H and O–H groups in total. The van der Waals surface area contributed by atoms with Crippen molar-refractivity contribution < 1.29 is 4.74 Å². The van der Waals surface area contributed by atoms with E-state index in [1.165, 1.54) is 22.4 Å². The smallest absolute Gasteiger partial charge is 0.178 e. The molecule has 0 saturated carbocycles. The fraction of sp³-hybridized carbons (Fsp3) is 0.478. The number of aromatic nitrogens is 3. The van der Waals surface area contributed by atoms with Crippen molar-refractivity contribution in [2.75, 3.05) is 25.5 Å². The molecule has 1 aromatic carbocycles. The van der Waals surface area contributed by atoms with E-state index in [4.69, 9.17) is 4.74 Å². The number of anilines is 1. The summed E-state index contributed by atoms with van der Waals surface area (Å²) < 4.78 is 5.64. The van der Waals surface area contributed by atoms with Crippen LogP contribution in [0, 0.1) is 6.92 Å². The van der Waals surface area contributed by atoms with Crippen LogP contribution < -0.4 is 5.32 Å². The van der Waals surface area contributed by atoms with Crippen LogP contribution in [0.5, 0.6) is 0 Å². The van der Waals surface area contributed by atoms with Crippen molar-refractivity contribution in [1.82, 2.24) is 19.9 Å². The van der Waals surface area contributed by atoms with E-state index < -0.39 is 0 Å². The third-order valence-corrected chi connectivity index (χ3v) is 5.43. The van der Waals surface area contributed by atoms with E-state index >= 15 is 0 Å². The van der Waals surface area contributed by atoms with Crippen LogP contribution >= 0.6 is 0 Å². The second kappa shape index (κ2) is 8.51. The topological polar surface area (TPSA) is 66.1 Å². The third kappa shape index (κ3) is 4.60. The summed E-state index contributed by atoms with van der Waals surface area (Å²) >= 11 is 0. The lowest BCUT2D eigenvalue weighted by molar-refractivity contribution is 0.0717. The monoisotopic (exact) mass is 393 g/mol. The first kappa shape index (κ1) is 19.9. The van der Waals surface area contributed by atoms with E-state index in [-0.39, 0.29) is 6.04 Å². The van der Waals surface area contributed by atoms with Gasteiger partial charge in [0.1, 0.15) is 5.82 Å². The van der Waals surface area contributed by atoms with Gasteiger partial charge in [0.2, 0.25) is 0 Å². The Morgan fingerprint density at radius 2 is 2.14 bits per heavy atom. The first-order chi connectivity index (χ1) is 14.0. The Balaban J connectivity index is 1.40. The molecule has 1 atom stereocenters. The Morgan fingerprint density at radius 1 is 1.28 bits per heavy atom. The standard InChI is InChI=1S/C23H31N5O/c1-15(2)29-11-5-10-28(4)14-17-6-7-20-18(12-17)13-21(27-20)19-8-9-24-23-22(19)25-16(3)26-23/h6-9,12,15,21,27H,5,10-11,13-14H2,1-4H3,(H,24,25,26). The van der Waals surface area contributed by atoms with Gasteiger partial charge < -0.3 is 19.9 Å². The molecular weight excluding hydrogens is 362 g/mol. The van der Waals surface area contributed by atoms with E-state index in [0.717, 1.165) is 49.5 Å². The van der Waals surface area contributed by atoms with Crippen LogP contribution in [0.25, 0.3) is 11.2 Å². The molecule has 0 saturated heterocycles. The highest BCUT2D eigenvalue weighted by atomic mass is 16.5. The van der Waals surface area contributed by atoms with Gasteiger partial charge in [0.15, 0.2) is 5.65 Å². The van der Waals surface area contributed by atoms with Crippen LogP contribution in [0.1, 0.15) is 48.8 Å². The van der Waals surface area contributed by atoms with Gasteiger partial charge in [-0.25, -0.2) is 9.97 Å². The zero-order valence-electron chi connectivity index (χ0n) is 17.8. The second-order valence-corrected chi connectivity index (χ2v) is 8.32. The Morgan fingerprint density at radius 3 is 2.97 bits per heavy atom. The van der Waals surface area contributed by atoms with Gasteiger partial charge in [-0.3, -0.25) is 0 Å². The van der Waals surface area contributed by atoms with Gasteiger partial charge in [0, 0.05) is 37.1 Å². The number of nitrogens with one attached hydrogen (secondary N) is 2. The van der Waals surface area contributed by atoms with Gasteiger partial charge in [-0.15, -0.1) is 0 Å². The van der Waals surface area contributed by atoms with E-state index in [2.05, 4.69) is 70.3 Å². The van der Waals surface area contributed by atoms with Crippen molar-refractivity contribution in [1.29, 1.82) is 0 Å². The van der Waals surface area contributed by atoms with Crippen LogP contribution in [0.4, 0.5) is 5.69 Å². The largest absolute Gasteiger partial charge is 0.379 e. The van der Waals surface area contributed by atoms with Gasteiger partial charge in [0.05, 0.1) is 17.7 Å². The Kier molecular flexibility index (Phi) is 5.83. The zero-order valence-corrected chi connectivity index (χ0v) is 17.8.